The Morgan fingerprint density at radius 2 is 1.70 bits per heavy atom. The van der Waals surface area contributed by atoms with Gasteiger partial charge in [-0.05, 0) is 35.4 Å². The smallest absolute Gasteiger partial charge is 0.335 e. The second-order valence-electron chi connectivity index (χ2n) is 7.44. The number of nitrogens with zero attached hydrogens (tertiary/aromatic N) is 1. The highest BCUT2D eigenvalue weighted by molar-refractivity contribution is 6.11. The van der Waals surface area contributed by atoms with Crippen molar-refractivity contribution in [2.45, 2.75) is 12.0 Å². The summed E-state index contributed by atoms with van der Waals surface area (Å²) in [5.41, 5.74) is 1.86. The highest BCUT2D eigenvalue weighted by atomic mass is 16.5. The van der Waals surface area contributed by atoms with Gasteiger partial charge in [0.15, 0.2) is 11.5 Å². The third kappa shape index (κ3) is 2.38. The first kappa shape index (κ1) is 18.1. The van der Waals surface area contributed by atoms with Crippen molar-refractivity contribution in [1.82, 2.24) is 0 Å². The zero-order valence-corrected chi connectivity index (χ0v) is 15.7. The predicted molar refractivity (Wildman–Crippen MR) is 107 cm³/mol. The maximum absolute atomic E-state index is 13.7. The number of rotatable bonds is 3. The number of amides is 1. The molecular weight excluding hydrogens is 386 g/mol. The van der Waals surface area contributed by atoms with Crippen molar-refractivity contribution in [2.75, 3.05) is 11.5 Å². The number of phenolic OH excluding ortho intramolecular Hbond substituents is 2. The number of carboxylic acids is 1. The standard InChI is InChI=1S/C23H17NO6/c25-18-9-16-20(10-19(18)26)30-12-23(16)15-3-1-2-4-17(15)24(22(23)29)11-13-5-7-14(8-6-13)21(27)28/h1-10,25-26H,11-12H2,(H,27,28). The molecule has 0 aliphatic carbocycles. The lowest BCUT2D eigenvalue weighted by Crippen LogP contribution is -2.42. The van der Waals surface area contributed by atoms with Gasteiger partial charge in [-0.1, -0.05) is 30.3 Å². The number of hydrogen-bond acceptors (Lipinski definition) is 5. The molecule has 0 fully saturated rings. The van der Waals surface area contributed by atoms with Crippen LogP contribution in [0, 0.1) is 0 Å². The van der Waals surface area contributed by atoms with Gasteiger partial charge in [-0.15, -0.1) is 0 Å². The van der Waals surface area contributed by atoms with Gasteiger partial charge in [0.1, 0.15) is 17.8 Å². The Morgan fingerprint density at radius 3 is 2.43 bits per heavy atom. The van der Waals surface area contributed by atoms with Crippen LogP contribution in [0.5, 0.6) is 17.2 Å². The zero-order valence-electron chi connectivity index (χ0n) is 15.7. The van der Waals surface area contributed by atoms with E-state index in [1.165, 1.54) is 24.3 Å². The molecule has 2 aliphatic heterocycles. The van der Waals surface area contributed by atoms with E-state index in [1.54, 1.807) is 17.0 Å². The van der Waals surface area contributed by atoms with Crippen molar-refractivity contribution in [3.05, 3.63) is 82.9 Å². The van der Waals surface area contributed by atoms with E-state index in [1.807, 2.05) is 24.3 Å². The van der Waals surface area contributed by atoms with E-state index >= 15 is 0 Å². The van der Waals surface area contributed by atoms with Crippen LogP contribution in [0.2, 0.25) is 0 Å². The van der Waals surface area contributed by atoms with Crippen molar-refractivity contribution in [1.29, 1.82) is 0 Å². The number of anilines is 1. The molecule has 0 aromatic heterocycles. The Kier molecular flexibility index (Phi) is 3.76. The average molecular weight is 403 g/mol. The largest absolute Gasteiger partial charge is 0.504 e. The van der Waals surface area contributed by atoms with Crippen molar-refractivity contribution < 1.29 is 29.6 Å². The van der Waals surface area contributed by atoms with Gasteiger partial charge in [0.25, 0.3) is 0 Å². The molecule has 0 radical (unpaired) electrons. The van der Waals surface area contributed by atoms with Crippen molar-refractivity contribution in [2.24, 2.45) is 0 Å². The first-order valence-corrected chi connectivity index (χ1v) is 9.35. The molecule has 0 saturated heterocycles. The van der Waals surface area contributed by atoms with E-state index in [2.05, 4.69) is 0 Å². The highest BCUT2D eigenvalue weighted by Gasteiger charge is 2.57. The third-order valence-electron chi connectivity index (χ3n) is 5.79. The lowest BCUT2D eigenvalue weighted by Gasteiger charge is -2.23. The lowest BCUT2D eigenvalue weighted by molar-refractivity contribution is -0.122. The number of phenols is 2. The van der Waals surface area contributed by atoms with Gasteiger partial charge >= 0.3 is 5.97 Å². The monoisotopic (exact) mass is 403 g/mol. The van der Waals surface area contributed by atoms with Crippen LogP contribution >= 0.6 is 0 Å². The molecule has 3 aromatic carbocycles. The van der Waals surface area contributed by atoms with E-state index in [-0.39, 0.29) is 36.1 Å². The summed E-state index contributed by atoms with van der Waals surface area (Å²) in [6.45, 7) is 0.326. The Balaban J connectivity index is 1.60. The number of para-hydroxylation sites is 1. The molecule has 3 aromatic rings. The molecule has 3 N–H and O–H groups in total. The second kappa shape index (κ2) is 6.25. The highest BCUT2D eigenvalue weighted by Crippen LogP contribution is 2.54. The number of aromatic carboxylic acids is 1. The molecule has 0 saturated carbocycles. The fraction of sp³-hybridized carbons (Fsp3) is 0.130. The maximum atomic E-state index is 13.7. The minimum absolute atomic E-state index is 0.0650. The van der Waals surface area contributed by atoms with Crippen LogP contribution in [0.25, 0.3) is 0 Å². The summed E-state index contributed by atoms with van der Waals surface area (Å²) in [6.07, 6.45) is 0. The summed E-state index contributed by atoms with van der Waals surface area (Å²) in [6, 6.07) is 16.5. The first-order valence-electron chi connectivity index (χ1n) is 9.35. The summed E-state index contributed by atoms with van der Waals surface area (Å²) in [4.78, 5) is 26.5. The molecule has 1 amide bonds. The Morgan fingerprint density at radius 1 is 1.00 bits per heavy atom. The van der Waals surface area contributed by atoms with Gasteiger partial charge in [0.05, 0.1) is 12.1 Å². The topological polar surface area (TPSA) is 107 Å². The van der Waals surface area contributed by atoms with Crippen LogP contribution in [0.1, 0.15) is 27.0 Å². The number of carboxylic acid groups (broad SMARTS) is 1. The van der Waals surface area contributed by atoms with Gasteiger partial charge in [-0.25, -0.2) is 4.79 Å². The number of carbonyl (C=O) groups excluding carboxylic acids is 1. The van der Waals surface area contributed by atoms with Gasteiger partial charge in [-0.2, -0.15) is 0 Å². The maximum Gasteiger partial charge on any atom is 0.335 e. The number of carbonyl (C=O) groups is 2. The van der Waals surface area contributed by atoms with Crippen molar-refractivity contribution in [3.63, 3.8) is 0 Å². The molecule has 1 unspecified atom stereocenters. The summed E-state index contributed by atoms with van der Waals surface area (Å²) in [7, 11) is 0. The molecular formula is C23H17NO6. The van der Waals surface area contributed by atoms with E-state index < -0.39 is 11.4 Å². The predicted octanol–water partition coefficient (Wildman–Crippen LogP) is 3.02. The molecule has 7 nitrogen and oxygen atoms in total. The Hall–Kier alpha value is -4.00. The van der Waals surface area contributed by atoms with Gasteiger partial charge in [0, 0.05) is 17.3 Å². The number of ether oxygens (including phenoxy) is 1. The van der Waals surface area contributed by atoms with Crippen LogP contribution in [-0.4, -0.2) is 33.8 Å². The fourth-order valence-electron chi connectivity index (χ4n) is 4.29. The van der Waals surface area contributed by atoms with Gasteiger partial charge in [-0.3, -0.25) is 4.79 Å². The van der Waals surface area contributed by atoms with Crippen molar-refractivity contribution >= 4 is 17.6 Å². The van der Waals surface area contributed by atoms with Crippen LogP contribution in [-0.2, 0) is 16.8 Å². The molecule has 2 aliphatic rings. The SMILES string of the molecule is O=C(O)c1ccc(CN2C(=O)C3(COc4cc(O)c(O)cc43)c3ccccc32)cc1. The van der Waals surface area contributed by atoms with Crippen molar-refractivity contribution in [3.8, 4) is 17.2 Å². The normalized spacial score (nSPS) is 18.9. The second-order valence-corrected chi connectivity index (χ2v) is 7.44. The van der Waals surface area contributed by atoms with Crippen LogP contribution in [0.4, 0.5) is 5.69 Å². The van der Waals surface area contributed by atoms with Crippen LogP contribution < -0.4 is 9.64 Å². The first-order chi connectivity index (χ1) is 14.4. The summed E-state index contributed by atoms with van der Waals surface area (Å²) >= 11 is 0. The number of benzene rings is 3. The van der Waals surface area contributed by atoms with E-state index in [9.17, 15) is 19.8 Å². The minimum atomic E-state index is -1.11. The quantitative estimate of drug-likeness (QED) is 0.581. The number of hydrogen-bond donors (Lipinski definition) is 3. The molecule has 2 heterocycles. The summed E-state index contributed by atoms with van der Waals surface area (Å²) in [5.74, 6) is -1.46. The minimum Gasteiger partial charge on any atom is -0.504 e. The molecule has 1 atom stereocenters. The summed E-state index contributed by atoms with van der Waals surface area (Å²) < 4.78 is 5.76. The Labute approximate surface area is 171 Å². The van der Waals surface area contributed by atoms with Crippen LogP contribution in [0.15, 0.2) is 60.7 Å². The van der Waals surface area contributed by atoms with E-state index in [0.29, 0.717) is 11.3 Å². The van der Waals surface area contributed by atoms with Gasteiger partial charge in [0.2, 0.25) is 5.91 Å². The van der Waals surface area contributed by atoms with Gasteiger partial charge < -0.3 is 25.0 Å². The lowest BCUT2D eigenvalue weighted by atomic mass is 9.77. The average Bonchev–Trinajstić information content (AvgIpc) is 3.21. The third-order valence-corrected chi connectivity index (χ3v) is 5.79. The number of fused-ring (bicyclic) bond motifs is 4. The van der Waals surface area contributed by atoms with Crippen LogP contribution in [0.3, 0.4) is 0 Å². The molecule has 5 rings (SSSR count). The molecule has 30 heavy (non-hydrogen) atoms. The molecule has 1 spiro atoms. The zero-order chi connectivity index (χ0) is 21.0. The summed E-state index contributed by atoms with van der Waals surface area (Å²) in [5, 5.41) is 29.0. The Bertz CT molecular complexity index is 1200. The molecule has 150 valence electrons. The molecule has 7 heteroatoms. The fourth-order valence-corrected chi connectivity index (χ4v) is 4.29. The number of aromatic hydroxyl groups is 2. The van der Waals surface area contributed by atoms with E-state index in [0.717, 1.165) is 16.8 Å². The van der Waals surface area contributed by atoms with E-state index in [4.69, 9.17) is 9.84 Å². The molecule has 0 bridgehead atoms.